The summed E-state index contributed by atoms with van der Waals surface area (Å²) in [5.41, 5.74) is -1.74. The summed E-state index contributed by atoms with van der Waals surface area (Å²) in [4.78, 5) is 30.8. The van der Waals surface area contributed by atoms with E-state index < -0.39 is 54.3 Å². The van der Waals surface area contributed by atoms with Gasteiger partial charge in [0.2, 0.25) is 5.91 Å². The number of nitrogens with one attached hydrogen (secondary N) is 1. The molecule has 0 spiro atoms. The second kappa shape index (κ2) is 9.02. The molecule has 13 heteroatoms. The zero-order chi connectivity index (χ0) is 26.8. The minimum absolute atomic E-state index is 0.00676. The van der Waals surface area contributed by atoms with E-state index in [-0.39, 0.29) is 36.8 Å². The minimum atomic E-state index is -4.67. The highest BCUT2D eigenvalue weighted by Gasteiger charge is 2.59. The third kappa shape index (κ3) is 4.98. The molecule has 4 aliphatic carbocycles. The number of rotatable bonds is 5. The van der Waals surface area contributed by atoms with Gasteiger partial charge in [-0.2, -0.15) is 26.3 Å². The summed E-state index contributed by atoms with van der Waals surface area (Å²) in [7, 11) is 0. The Morgan fingerprint density at radius 2 is 1.73 bits per heavy atom. The minimum Gasteiger partial charge on any atom is -0.481 e. The summed E-state index contributed by atoms with van der Waals surface area (Å²) in [6.07, 6.45) is -5.42. The molecule has 4 bridgehead atoms. The fourth-order valence-electron chi connectivity index (χ4n) is 7.21. The quantitative estimate of drug-likeness (QED) is 0.563. The van der Waals surface area contributed by atoms with E-state index >= 15 is 0 Å². The van der Waals surface area contributed by atoms with Gasteiger partial charge in [0.05, 0.1) is 17.5 Å². The molecule has 1 aliphatic heterocycles. The van der Waals surface area contributed by atoms with Crippen LogP contribution < -0.4 is 10.2 Å². The lowest BCUT2D eigenvalue weighted by Gasteiger charge is -2.58. The summed E-state index contributed by atoms with van der Waals surface area (Å²) >= 11 is 0. The Labute approximate surface area is 209 Å². The number of pyridine rings is 1. The molecule has 4 saturated carbocycles. The van der Waals surface area contributed by atoms with Gasteiger partial charge in [0.15, 0.2) is 0 Å². The predicted octanol–water partition coefficient (Wildman–Crippen LogP) is 3.55. The topological polar surface area (TPSA) is 85.8 Å². The van der Waals surface area contributed by atoms with Crippen LogP contribution in [0.2, 0.25) is 0 Å². The van der Waals surface area contributed by atoms with Crippen molar-refractivity contribution in [1.29, 1.82) is 0 Å². The monoisotopic (exact) mass is 534 g/mol. The molecule has 1 saturated heterocycles. The van der Waals surface area contributed by atoms with E-state index in [4.69, 9.17) is 0 Å². The van der Waals surface area contributed by atoms with E-state index in [1.54, 1.807) is 0 Å². The van der Waals surface area contributed by atoms with Crippen LogP contribution in [0.15, 0.2) is 18.3 Å². The normalized spacial score (nSPS) is 34.0. The lowest BCUT2D eigenvalue weighted by Crippen LogP contribution is -2.64. The van der Waals surface area contributed by atoms with Gasteiger partial charge >= 0.3 is 18.3 Å². The van der Waals surface area contributed by atoms with E-state index in [1.807, 2.05) is 0 Å². The standard InChI is InChI=1S/C24H28F6N4O3/c25-23(26,27)16-1-2-18(31-10-16)34-4-3-33(17(11-34)24(28,29)30)12-19(35)32-20-14-5-13-6-15(20)9-22(7-13,8-14)21(36)37/h1-2,10,13-15,17,20H,3-9,11-12H2,(H,32,35)(H,36,37). The molecule has 5 aliphatic rings. The molecule has 3 atom stereocenters. The molecule has 37 heavy (non-hydrogen) atoms. The molecule has 2 heterocycles. The largest absolute Gasteiger partial charge is 0.481 e. The molecule has 5 fully saturated rings. The van der Waals surface area contributed by atoms with Crippen molar-refractivity contribution >= 4 is 17.7 Å². The summed E-state index contributed by atoms with van der Waals surface area (Å²) in [6.45, 7) is -1.09. The van der Waals surface area contributed by atoms with Gasteiger partial charge in [0.25, 0.3) is 0 Å². The van der Waals surface area contributed by atoms with E-state index in [2.05, 4.69) is 10.3 Å². The maximum Gasteiger partial charge on any atom is 0.417 e. The smallest absolute Gasteiger partial charge is 0.417 e. The molecular weight excluding hydrogens is 506 g/mol. The molecule has 0 aromatic carbocycles. The third-order valence-corrected chi connectivity index (χ3v) is 8.67. The molecule has 7 nitrogen and oxygen atoms in total. The number of aromatic nitrogens is 1. The van der Waals surface area contributed by atoms with E-state index in [0.29, 0.717) is 31.4 Å². The van der Waals surface area contributed by atoms with Gasteiger partial charge in [0.1, 0.15) is 11.9 Å². The average molecular weight is 535 g/mol. The maximum atomic E-state index is 13.9. The molecule has 0 radical (unpaired) electrons. The Kier molecular flexibility index (Phi) is 6.35. The van der Waals surface area contributed by atoms with Crippen LogP contribution in [-0.4, -0.2) is 71.3 Å². The van der Waals surface area contributed by atoms with Gasteiger partial charge in [0, 0.05) is 31.9 Å². The zero-order valence-electron chi connectivity index (χ0n) is 19.9. The van der Waals surface area contributed by atoms with Crippen LogP contribution in [-0.2, 0) is 15.8 Å². The van der Waals surface area contributed by atoms with Crippen molar-refractivity contribution in [2.75, 3.05) is 31.1 Å². The fraction of sp³-hybridized carbons (Fsp3) is 0.708. The Bertz CT molecular complexity index is 1030. The number of alkyl halides is 6. The number of hydrogen-bond acceptors (Lipinski definition) is 5. The first-order chi connectivity index (χ1) is 17.2. The van der Waals surface area contributed by atoms with Crippen molar-refractivity contribution in [3.8, 4) is 0 Å². The first-order valence-corrected chi connectivity index (χ1v) is 12.4. The fourth-order valence-corrected chi connectivity index (χ4v) is 7.21. The van der Waals surface area contributed by atoms with Crippen LogP contribution in [0, 0.1) is 23.2 Å². The van der Waals surface area contributed by atoms with Gasteiger partial charge in [-0.1, -0.05) is 0 Å². The number of carbonyl (C=O) groups is 2. The van der Waals surface area contributed by atoms with Gasteiger partial charge < -0.3 is 15.3 Å². The number of anilines is 1. The van der Waals surface area contributed by atoms with Crippen molar-refractivity contribution in [3.63, 3.8) is 0 Å². The first kappa shape index (κ1) is 26.1. The Hall–Kier alpha value is -2.57. The number of hydrogen-bond donors (Lipinski definition) is 2. The highest BCUT2D eigenvalue weighted by molar-refractivity contribution is 5.79. The number of carboxylic acids is 1. The second-order valence-corrected chi connectivity index (χ2v) is 11.0. The number of carboxylic acid groups (broad SMARTS) is 1. The summed E-state index contributed by atoms with van der Waals surface area (Å²) in [5, 5.41) is 12.7. The van der Waals surface area contributed by atoms with E-state index in [1.165, 1.54) is 4.90 Å². The summed E-state index contributed by atoms with van der Waals surface area (Å²) < 4.78 is 80.2. The second-order valence-electron chi connectivity index (χ2n) is 11.0. The Morgan fingerprint density at radius 1 is 1.05 bits per heavy atom. The number of piperazine rings is 1. The molecule has 6 rings (SSSR count). The highest BCUT2D eigenvalue weighted by atomic mass is 19.4. The highest BCUT2D eigenvalue weighted by Crippen LogP contribution is 2.60. The molecular formula is C24H28F6N4O3. The van der Waals surface area contributed by atoms with Gasteiger partial charge in [-0.05, 0) is 62.0 Å². The molecule has 1 aromatic heterocycles. The number of carbonyl (C=O) groups excluding carboxylic acids is 1. The van der Waals surface area contributed by atoms with Crippen LogP contribution in [0.3, 0.4) is 0 Å². The SMILES string of the molecule is O=C(CN1CCN(c2ccc(C(F)(F)F)cn2)CC1C(F)(F)F)NC1C2CC3CC1CC(C(=O)O)(C3)C2. The predicted molar refractivity (Wildman–Crippen MR) is 118 cm³/mol. The average Bonchev–Trinajstić information content (AvgIpc) is 2.80. The van der Waals surface area contributed by atoms with E-state index in [0.717, 1.165) is 29.9 Å². The number of nitrogens with zero attached hydrogens (tertiary/aromatic N) is 3. The number of aliphatic carboxylic acids is 1. The molecule has 1 aromatic rings. The zero-order valence-corrected chi connectivity index (χ0v) is 19.9. The Morgan fingerprint density at radius 3 is 2.27 bits per heavy atom. The molecule has 3 unspecified atom stereocenters. The molecule has 204 valence electrons. The Balaban J connectivity index is 1.23. The first-order valence-electron chi connectivity index (χ1n) is 12.4. The van der Waals surface area contributed by atoms with Crippen molar-refractivity contribution < 1.29 is 41.0 Å². The van der Waals surface area contributed by atoms with Crippen molar-refractivity contribution in [1.82, 2.24) is 15.2 Å². The lowest BCUT2D eigenvalue weighted by molar-refractivity contribution is -0.185. The third-order valence-electron chi connectivity index (χ3n) is 8.67. The van der Waals surface area contributed by atoms with Crippen molar-refractivity contribution in [3.05, 3.63) is 23.9 Å². The summed E-state index contributed by atoms with van der Waals surface area (Å²) in [5.74, 6) is -1.00. The molecule has 2 N–H and O–H groups in total. The van der Waals surface area contributed by atoms with Crippen LogP contribution in [0.5, 0.6) is 0 Å². The van der Waals surface area contributed by atoms with Gasteiger partial charge in [-0.25, -0.2) is 4.98 Å². The lowest BCUT2D eigenvalue weighted by atomic mass is 9.48. The van der Waals surface area contributed by atoms with Crippen LogP contribution in [0.25, 0.3) is 0 Å². The van der Waals surface area contributed by atoms with Gasteiger partial charge in [-0.3, -0.25) is 14.5 Å². The maximum absolute atomic E-state index is 13.9. The number of halogens is 6. The van der Waals surface area contributed by atoms with Crippen LogP contribution in [0.4, 0.5) is 32.2 Å². The van der Waals surface area contributed by atoms with Crippen LogP contribution in [0.1, 0.15) is 37.7 Å². The van der Waals surface area contributed by atoms with Crippen molar-refractivity contribution in [2.24, 2.45) is 23.2 Å². The summed E-state index contributed by atoms with van der Waals surface area (Å²) in [6, 6.07) is -0.401. The van der Waals surface area contributed by atoms with Gasteiger partial charge in [-0.15, -0.1) is 0 Å². The molecule has 1 amide bonds. The van der Waals surface area contributed by atoms with E-state index in [9.17, 15) is 41.0 Å². The van der Waals surface area contributed by atoms with Crippen LogP contribution >= 0.6 is 0 Å². The number of amides is 1. The van der Waals surface area contributed by atoms with Crippen molar-refractivity contribution in [2.45, 2.75) is 56.5 Å².